The Kier molecular flexibility index (Phi) is 6.89. The molecular formula is C15H21N3O2. The Labute approximate surface area is 119 Å². The van der Waals surface area contributed by atoms with Crippen molar-refractivity contribution in [2.75, 3.05) is 19.6 Å². The number of nitrogens with one attached hydrogen (secondary N) is 2. The second-order valence-electron chi connectivity index (χ2n) is 4.25. The van der Waals surface area contributed by atoms with Crippen molar-refractivity contribution in [1.29, 1.82) is 0 Å². The van der Waals surface area contributed by atoms with Crippen LogP contribution in [0.5, 0.6) is 0 Å². The number of rotatable bonds is 7. The lowest BCUT2D eigenvalue weighted by Gasteiger charge is -2.21. The van der Waals surface area contributed by atoms with E-state index in [2.05, 4.69) is 17.2 Å². The van der Waals surface area contributed by atoms with E-state index < -0.39 is 0 Å². The smallest absolute Gasteiger partial charge is 0.315 e. The Balaban J connectivity index is 2.43. The fourth-order valence-electron chi connectivity index (χ4n) is 1.68. The molecule has 0 aliphatic carbocycles. The van der Waals surface area contributed by atoms with Gasteiger partial charge < -0.3 is 15.5 Å². The van der Waals surface area contributed by atoms with Crippen molar-refractivity contribution in [2.24, 2.45) is 0 Å². The van der Waals surface area contributed by atoms with E-state index in [0.29, 0.717) is 19.6 Å². The van der Waals surface area contributed by atoms with Crippen molar-refractivity contribution in [3.63, 3.8) is 0 Å². The zero-order chi connectivity index (χ0) is 14.8. The summed E-state index contributed by atoms with van der Waals surface area (Å²) in [6.07, 6.45) is 1.58. The summed E-state index contributed by atoms with van der Waals surface area (Å²) in [5, 5.41) is 5.08. The molecule has 2 N–H and O–H groups in total. The molecule has 1 aromatic rings. The maximum absolute atomic E-state index is 12.0. The Hall–Kier alpha value is -2.30. The minimum atomic E-state index is -0.367. The summed E-state index contributed by atoms with van der Waals surface area (Å²) >= 11 is 0. The van der Waals surface area contributed by atoms with E-state index in [9.17, 15) is 9.59 Å². The molecule has 0 fully saturated rings. The maximum Gasteiger partial charge on any atom is 0.315 e. The van der Waals surface area contributed by atoms with Crippen LogP contribution < -0.4 is 10.6 Å². The normalized spacial score (nSPS) is 9.65. The van der Waals surface area contributed by atoms with Gasteiger partial charge in [0, 0.05) is 19.6 Å². The minimum Gasteiger partial charge on any atom is -0.337 e. The number of hydrogen-bond donors (Lipinski definition) is 2. The molecule has 0 bridgehead atoms. The molecule has 1 rings (SSSR count). The van der Waals surface area contributed by atoms with Crippen molar-refractivity contribution in [1.82, 2.24) is 15.5 Å². The Morgan fingerprint density at radius 1 is 1.25 bits per heavy atom. The second kappa shape index (κ2) is 8.74. The number of likely N-dealkylation sites (N-methyl/N-ethyl adjacent to an activating group) is 1. The molecule has 5 nitrogen and oxygen atoms in total. The minimum absolute atomic E-state index is 0.0103. The highest BCUT2D eigenvalue weighted by Gasteiger charge is 2.12. The second-order valence-corrected chi connectivity index (χ2v) is 4.25. The molecule has 0 spiro atoms. The first-order valence-electron chi connectivity index (χ1n) is 6.61. The predicted octanol–water partition coefficient (Wildman–Crippen LogP) is 1.52. The first-order chi connectivity index (χ1) is 9.67. The quantitative estimate of drug-likeness (QED) is 0.741. The standard InChI is InChI=1S/C15H21N3O2/c1-3-10-16-15(20)17-11-14(19)18(4-2)12-13-8-6-5-7-9-13/h3,5-9H,1,4,10-12H2,2H3,(H2,16,17,20). The van der Waals surface area contributed by atoms with Crippen LogP contribution in [0.15, 0.2) is 43.0 Å². The fraction of sp³-hybridized carbons (Fsp3) is 0.333. The van der Waals surface area contributed by atoms with Crippen LogP contribution in [-0.2, 0) is 11.3 Å². The van der Waals surface area contributed by atoms with Gasteiger partial charge in [-0.1, -0.05) is 36.4 Å². The van der Waals surface area contributed by atoms with E-state index >= 15 is 0 Å². The third-order valence-electron chi connectivity index (χ3n) is 2.76. The molecule has 20 heavy (non-hydrogen) atoms. The number of carbonyl (C=O) groups excluding carboxylic acids is 2. The summed E-state index contributed by atoms with van der Waals surface area (Å²) in [7, 11) is 0. The Morgan fingerprint density at radius 2 is 1.95 bits per heavy atom. The Bertz CT molecular complexity index is 446. The molecule has 108 valence electrons. The number of urea groups is 1. The molecule has 0 aliphatic heterocycles. The molecule has 0 aromatic heterocycles. The highest BCUT2D eigenvalue weighted by atomic mass is 16.2. The van der Waals surface area contributed by atoms with Crippen molar-refractivity contribution in [2.45, 2.75) is 13.5 Å². The van der Waals surface area contributed by atoms with Gasteiger partial charge in [-0.15, -0.1) is 6.58 Å². The number of hydrogen-bond acceptors (Lipinski definition) is 2. The molecular weight excluding hydrogens is 254 g/mol. The molecule has 5 heteroatoms. The van der Waals surface area contributed by atoms with Gasteiger partial charge in [0.2, 0.25) is 5.91 Å². The van der Waals surface area contributed by atoms with Gasteiger partial charge in [0.15, 0.2) is 0 Å². The van der Waals surface area contributed by atoms with Crippen molar-refractivity contribution < 1.29 is 9.59 Å². The van der Waals surface area contributed by atoms with Crippen LogP contribution in [0.25, 0.3) is 0 Å². The molecule has 0 saturated carbocycles. The van der Waals surface area contributed by atoms with Crippen molar-refractivity contribution >= 4 is 11.9 Å². The third-order valence-corrected chi connectivity index (χ3v) is 2.76. The van der Waals surface area contributed by atoms with E-state index in [1.807, 2.05) is 37.3 Å². The van der Waals surface area contributed by atoms with Gasteiger partial charge in [0.05, 0.1) is 6.54 Å². The number of carbonyl (C=O) groups is 2. The monoisotopic (exact) mass is 275 g/mol. The topological polar surface area (TPSA) is 61.4 Å². The number of benzene rings is 1. The highest BCUT2D eigenvalue weighted by Crippen LogP contribution is 2.04. The Morgan fingerprint density at radius 3 is 2.55 bits per heavy atom. The van der Waals surface area contributed by atoms with Crippen LogP contribution in [0.2, 0.25) is 0 Å². The molecule has 0 saturated heterocycles. The summed E-state index contributed by atoms with van der Waals surface area (Å²) < 4.78 is 0. The predicted molar refractivity (Wildman–Crippen MR) is 79.1 cm³/mol. The molecule has 0 unspecified atom stereocenters. The van der Waals surface area contributed by atoms with E-state index in [4.69, 9.17) is 0 Å². The van der Waals surface area contributed by atoms with Crippen LogP contribution in [-0.4, -0.2) is 36.5 Å². The van der Waals surface area contributed by atoms with Gasteiger partial charge in [0.25, 0.3) is 0 Å². The van der Waals surface area contributed by atoms with Gasteiger partial charge >= 0.3 is 6.03 Å². The first-order valence-corrected chi connectivity index (χ1v) is 6.61. The summed E-state index contributed by atoms with van der Waals surface area (Å²) in [4.78, 5) is 25.1. The zero-order valence-corrected chi connectivity index (χ0v) is 11.8. The van der Waals surface area contributed by atoms with Gasteiger partial charge in [-0.05, 0) is 12.5 Å². The molecule has 0 heterocycles. The lowest BCUT2D eigenvalue weighted by atomic mass is 10.2. The zero-order valence-electron chi connectivity index (χ0n) is 11.8. The van der Waals surface area contributed by atoms with Crippen molar-refractivity contribution in [3.05, 3.63) is 48.6 Å². The average Bonchev–Trinajstić information content (AvgIpc) is 2.49. The van der Waals surface area contributed by atoms with E-state index in [0.717, 1.165) is 5.56 Å². The van der Waals surface area contributed by atoms with Gasteiger partial charge in [-0.2, -0.15) is 0 Å². The van der Waals surface area contributed by atoms with E-state index in [1.165, 1.54) is 0 Å². The summed E-state index contributed by atoms with van der Waals surface area (Å²) in [5.41, 5.74) is 1.07. The maximum atomic E-state index is 12.0. The SMILES string of the molecule is C=CCNC(=O)NCC(=O)N(CC)Cc1ccccc1. The summed E-state index contributed by atoms with van der Waals surface area (Å²) in [5.74, 6) is -0.106. The average molecular weight is 275 g/mol. The van der Waals surface area contributed by atoms with Crippen molar-refractivity contribution in [3.8, 4) is 0 Å². The van der Waals surface area contributed by atoms with Crippen LogP contribution >= 0.6 is 0 Å². The third kappa shape index (κ3) is 5.56. The molecule has 3 amide bonds. The van der Waals surface area contributed by atoms with Crippen LogP contribution in [0.1, 0.15) is 12.5 Å². The molecule has 0 atom stereocenters. The van der Waals surface area contributed by atoms with Crippen LogP contribution in [0.4, 0.5) is 4.79 Å². The van der Waals surface area contributed by atoms with Crippen LogP contribution in [0, 0.1) is 0 Å². The van der Waals surface area contributed by atoms with E-state index in [1.54, 1.807) is 11.0 Å². The van der Waals surface area contributed by atoms with Gasteiger partial charge in [-0.3, -0.25) is 4.79 Å². The summed E-state index contributed by atoms with van der Waals surface area (Å²) in [6.45, 7) is 6.93. The van der Waals surface area contributed by atoms with Crippen LogP contribution in [0.3, 0.4) is 0 Å². The lowest BCUT2D eigenvalue weighted by Crippen LogP contribution is -2.43. The van der Waals surface area contributed by atoms with Gasteiger partial charge in [-0.25, -0.2) is 4.79 Å². The van der Waals surface area contributed by atoms with E-state index in [-0.39, 0.29) is 18.5 Å². The molecule has 0 radical (unpaired) electrons. The summed E-state index contributed by atoms with van der Waals surface area (Å²) in [6, 6.07) is 9.39. The first kappa shape index (κ1) is 15.8. The van der Waals surface area contributed by atoms with Gasteiger partial charge in [0.1, 0.15) is 0 Å². The number of amides is 3. The largest absolute Gasteiger partial charge is 0.337 e. The lowest BCUT2D eigenvalue weighted by molar-refractivity contribution is -0.130. The molecule has 1 aromatic carbocycles. The molecule has 0 aliphatic rings. The highest BCUT2D eigenvalue weighted by molar-refractivity contribution is 5.84. The number of nitrogens with zero attached hydrogens (tertiary/aromatic N) is 1. The fourth-order valence-corrected chi connectivity index (χ4v) is 1.68.